The number of hydrogen-bond donors (Lipinski definition) is 1. The van der Waals surface area contributed by atoms with Crippen molar-refractivity contribution in [3.63, 3.8) is 0 Å². The van der Waals surface area contributed by atoms with Crippen LogP contribution in [0.25, 0.3) is 0 Å². The van der Waals surface area contributed by atoms with Gasteiger partial charge >= 0.3 is 5.97 Å². The summed E-state index contributed by atoms with van der Waals surface area (Å²) >= 11 is 0. The number of hydrogen-bond acceptors (Lipinski definition) is 4. The lowest BCUT2D eigenvalue weighted by Gasteiger charge is -2.21. The van der Waals surface area contributed by atoms with Gasteiger partial charge in [-0.15, -0.1) is 0 Å². The predicted octanol–water partition coefficient (Wildman–Crippen LogP) is 1.10. The number of methoxy groups -OCH3 is 1. The Morgan fingerprint density at radius 3 is 2.88 bits per heavy atom. The molecule has 0 aromatic carbocycles. The van der Waals surface area contributed by atoms with E-state index in [2.05, 4.69) is 9.55 Å². The minimum atomic E-state index is -0.829. The molecular formula is C12H19N3O2. The lowest BCUT2D eigenvalue weighted by molar-refractivity contribution is -0.146. The third-order valence-electron chi connectivity index (χ3n) is 3.80. The highest BCUT2D eigenvalue weighted by Crippen LogP contribution is 2.37. The van der Waals surface area contributed by atoms with E-state index in [-0.39, 0.29) is 12.0 Å². The lowest BCUT2D eigenvalue weighted by Crippen LogP contribution is -2.46. The molecule has 0 bridgehead atoms. The van der Waals surface area contributed by atoms with Gasteiger partial charge in [-0.25, -0.2) is 4.98 Å². The molecule has 1 fully saturated rings. The van der Waals surface area contributed by atoms with Crippen molar-refractivity contribution in [2.75, 3.05) is 7.11 Å². The predicted molar refractivity (Wildman–Crippen MR) is 63.5 cm³/mol. The van der Waals surface area contributed by atoms with E-state index in [1.165, 1.54) is 7.11 Å². The first-order chi connectivity index (χ1) is 7.98. The Kier molecular flexibility index (Phi) is 2.95. The zero-order valence-electron chi connectivity index (χ0n) is 10.6. The van der Waals surface area contributed by atoms with Crippen LogP contribution in [0.5, 0.6) is 0 Å². The van der Waals surface area contributed by atoms with Crippen LogP contribution in [-0.4, -0.2) is 28.2 Å². The number of esters is 1. The molecule has 17 heavy (non-hydrogen) atoms. The van der Waals surface area contributed by atoms with Gasteiger partial charge in [0.15, 0.2) is 0 Å². The van der Waals surface area contributed by atoms with E-state index < -0.39 is 5.54 Å². The van der Waals surface area contributed by atoms with Crippen LogP contribution < -0.4 is 5.73 Å². The van der Waals surface area contributed by atoms with Crippen LogP contribution in [-0.2, 0) is 9.53 Å². The fraction of sp³-hybridized carbons (Fsp3) is 0.667. The minimum absolute atomic E-state index is 0.250. The molecule has 2 rings (SSSR count). The Hall–Kier alpha value is -1.36. The summed E-state index contributed by atoms with van der Waals surface area (Å²) in [6.45, 7) is 4.02. The van der Waals surface area contributed by atoms with Crippen LogP contribution in [0, 0.1) is 13.8 Å². The van der Waals surface area contributed by atoms with Crippen LogP contribution >= 0.6 is 0 Å². The molecule has 2 N–H and O–H groups in total. The van der Waals surface area contributed by atoms with Gasteiger partial charge < -0.3 is 15.0 Å². The van der Waals surface area contributed by atoms with E-state index in [4.69, 9.17) is 10.5 Å². The fourth-order valence-electron chi connectivity index (χ4n) is 2.56. The van der Waals surface area contributed by atoms with Gasteiger partial charge in [0.25, 0.3) is 0 Å². The number of carbonyl (C=O) groups excluding carboxylic acids is 1. The van der Waals surface area contributed by atoms with Gasteiger partial charge in [-0.2, -0.15) is 0 Å². The lowest BCUT2D eigenvalue weighted by atomic mass is 9.99. The van der Waals surface area contributed by atoms with Gasteiger partial charge in [0, 0.05) is 11.7 Å². The molecule has 1 aromatic rings. The third-order valence-corrected chi connectivity index (χ3v) is 3.80. The molecule has 0 saturated heterocycles. The van der Waals surface area contributed by atoms with Gasteiger partial charge in [0.1, 0.15) is 5.54 Å². The number of aromatic nitrogens is 2. The number of imidazole rings is 1. The van der Waals surface area contributed by atoms with Crippen molar-refractivity contribution in [3.05, 3.63) is 17.7 Å². The SMILES string of the molecule is COC(=O)C1(N)CCC(n2cnc(C)c2C)C1. The molecule has 1 saturated carbocycles. The van der Waals surface area contributed by atoms with E-state index in [9.17, 15) is 4.79 Å². The molecular weight excluding hydrogens is 218 g/mol. The maximum absolute atomic E-state index is 11.6. The molecule has 94 valence electrons. The van der Waals surface area contributed by atoms with Crippen molar-refractivity contribution in [2.24, 2.45) is 5.73 Å². The minimum Gasteiger partial charge on any atom is -0.468 e. The smallest absolute Gasteiger partial charge is 0.325 e. The molecule has 2 atom stereocenters. The second-order valence-electron chi connectivity index (χ2n) is 4.87. The first-order valence-electron chi connectivity index (χ1n) is 5.85. The van der Waals surface area contributed by atoms with Gasteiger partial charge in [-0.3, -0.25) is 4.79 Å². The molecule has 2 unspecified atom stereocenters. The van der Waals surface area contributed by atoms with Crippen LogP contribution in [0.1, 0.15) is 36.7 Å². The number of nitrogens with zero attached hydrogens (tertiary/aromatic N) is 2. The molecule has 5 heteroatoms. The summed E-state index contributed by atoms with van der Waals surface area (Å²) in [7, 11) is 1.39. The van der Waals surface area contributed by atoms with Crippen molar-refractivity contribution in [1.29, 1.82) is 0 Å². The zero-order chi connectivity index (χ0) is 12.6. The Labute approximate surface area is 101 Å². The number of aryl methyl sites for hydroxylation is 1. The summed E-state index contributed by atoms with van der Waals surface area (Å²) in [4.78, 5) is 15.9. The Balaban J connectivity index is 2.18. The topological polar surface area (TPSA) is 70.1 Å². The molecule has 0 aliphatic heterocycles. The molecule has 0 radical (unpaired) electrons. The van der Waals surface area contributed by atoms with Crippen LogP contribution in [0.3, 0.4) is 0 Å². The molecule has 1 heterocycles. The Morgan fingerprint density at radius 2 is 2.35 bits per heavy atom. The maximum Gasteiger partial charge on any atom is 0.325 e. The van der Waals surface area contributed by atoms with Crippen LogP contribution in [0.15, 0.2) is 6.33 Å². The van der Waals surface area contributed by atoms with Crippen LogP contribution in [0.4, 0.5) is 0 Å². The standard InChI is InChI=1S/C12H19N3O2/c1-8-9(2)15(7-14-8)10-4-5-12(13,6-10)11(16)17-3/h7,10H,4-6,13H2,1-3H3. The van der Waals surface area contributed by atoms with E-state index in [1.807, 2.05) is 20.2 Å². The highest BCUT2D eigenvalue weighted by atomic mass is 16.5. The zero-order valence-corrected chi connectivity index (χ0v) is 10.6. The van der Waals surface area contributed by atoms with Crippen molar-refractivity contribution >= 4 is 5.97 Å². The summed E-state index contributed by atoms with van der Waals surface area (Å²) in [6.07, 6.45) is 4.01. The third kappa shape index (κ3) is 1.95. The highest BCUT2D eigenvalue weighted by molar-refractivity contribution is 5.80. The quantitative estimate of drug-likeness (QED) is 0.782. The average molecular weight is 237 g/mol. The number of carbonyl (C=O) groups is 1. The summed E-state index contributed by atoms with van der Waals surface area (Å²) < 4.78 is 6.89. The van der Waals surface area contributed by atoms with Crippen molar-refractivity contribution < 1.29 is 9.53 Å². The molecule has 0 amide bonds. The van der Waals surface area contributed by atoms with E-state index in [0.29, 0.717) is 12.8 Å². The molecule has 1 aliphatic rings. The van der Waals surface area contributed by atoms with Crippen molar-refractivity contribution in [2.45, 2.75) is 44.7 Å². The number of nitrogens with two attached hydrogens (primary N) is 1. The normalized spacial score (nSPS) is 28.4. The summed E-state index contributed by atoms with van der Waals surface area (Å²) in [5.74, 6) is -0.311. The van der Waals surface area contributed by atoms with Crippen molar-refractivity contribution in [3.8, 4) is 0 Å². The van der Waals surface area contributed by atoms with Gasteiger partial charge in [-0.1, -0.05) is 0 Å². The van der Waals surface area contributed by atoms with Gasteiger partial charge in [0.05, 0.1) is 19.1 Å². The van der Waals surface area contributed by atoms with Gasteiger partial charge in [-0.05, 0) is 33.1 Å². The van der Waals surface area contributed by atoms with Gasteiger partial charge in [0.2, 0.25) is 0 Å². The van der Waals surface area contributed by atoms with E-state index in [0.717, 1.165) is 17.8 Å². The monoisotopic (exact) mass is 237 g/mol. The molecule has 5 nitrogen and oxygen atoms in total. The summed E-state index contributed by atoms with van der Waals surface area (Å²) in [6, 6.07) is 0.250. The Bertz CT molecular complexity index is 441. The highest BCUT2D eigenvalue weighted by Gasteiger charge is 2.43. The Morgan fingerprint density at radius 1 is 1.65 bits per heavy atom. The fourth-order valence-corrected chi connectivity index (χ4v) is 2.56. The number of ether oxygens (including phenoxy) is 1. The first kappa shape index (κ1) is 12.1. The second kappa shape index (κ2) is 4.14. The maximum atomic E-state index is 11.6. The molecule has 1 aliphatic carbocycles. The first-order valence-corrected chi connectivity index (χ1v) is 5.85. The van der Waals surface area contributed by atoms with E-state index >= 15 is 0 Å². The molecule has 0 spiro atoms. The summed E-state index contributed by atoms with van der Waals surface area (Å²) in [5.41, 5.74) is 7.43. The van der Waals surface area contributed by atoms with E-state index in [1.54, 1.807) is 0 Å². The van der Waals surface area contributed by atoms with Crippen LogP contribution in [0.2, 0.25) is 0 Å². The van der Waals surface area contributed by atoms with Crippen molar-refractivity contribution in [1.82, 2.24) is 9.55 Å². The summed E-state index contributed by atoms with van der Waals surface area (Å²) in [5, 5.41) is 0. The average Bonchev–Trinajstić information content (AvgIpc) is 2.85. The number of rotatable bonds is 2. The molecule has 1 aromatic heterocycles. The largest absolute Gasteiger partial charge is 0.468 e. The second-order valence-corrected chi connectivity index (χ2v) is 4.87.